The Hall–Kier alpha value is -3.03. The maximum Gasteiger partial charge on any atom is 0.264 e. The number of hydrogen-bond donors (Lipinski definition) is 1. The average Bonchev–Trinajstić information content (AvgIpc) is 2.78. The zero-order chi connectivity index (χ0) is 22.3. The third-order valence-corrected chi connectivity index (χ3v) is 6.70. The van der Waals surface area contributed by atoms with Crippen molar-refractivity contribution in [1.82, 2.24) is 5.32 Å². The number of amides is 1. The third kappa shape index (κ3) is 5.99. The van der Waals surface area contributed by atoms with Gasteiger partial charge in [-0.05, 0) is 42.5 Å². The van der Waals surface area contributed by atoms with Gasteiger partial charge in [0, 0.05) is 30.8 Å². The van der Waals surface area contributed by atoms with Crippen LogP contribution in [-0.4, -0.2) is 41.0 Å². The molecule has 0 radical (unpaired) electrons. The molecule has 0 saturated carbocycles. The van der Waals surface area contributed by atoms with E-state index in [0.717, 1.165) is 9.99 Å². The normalized spacial score (nSPS) is 11.0. The molecule has 1 amide bonds. The van der Waals surface area contributed by atoms with Crippen LogP contribution in [-0.2, 0) is 14.8 Å². The molecule has 3 rings (SSSR count). The number of anilines is 2. The minimum Gasteiger partial charge on any atom is -0.373 e. The number of nitrogens with zero attached hydrogens (tertiary/aromatic N) is 2. The molecule has 3 aromatic carbocycles. The first kappa shape index (κ1) is 22.7. The van der Waals surface area contributed by atoms with Crippen molar-refractivity contribution in [3.05, 3.63) is 90.0 Å². The highest BCUT2D eigenvalue weighted by molar-refractivity contribution is 7.92. The first-order valence-electron chi connectivity index (χ1n) is 9.74. The lowest BCUT2D eigenvalue weighted by Gasteiger charge is -2.25. The van der Waals surface area contributed by atoms with E-state index in [2.05, 4.69) is 5.32 Å². The van der Waals surface area contributed by atoms with E-state index in [1.807, 2.05) is 42.3 Å². The lowest BCUT2D eigenvalue weighted by Crippen LogP contribution is -2.42. The number of carbonyl (C=O) groups excluding carboxylic acids is 1. The molecular weight excluding hydrogens is 434 g/mol. The fraction of sp³-hybridized carbons (Fsp3) is 0.174. The van der Waals surface area contributed by atoms with E-state index in [4.69, 9.17) is 11.6 Å². The van der Waals surface area contributed by atoms with Crippen LogP contribution in [0, 0.1) is 0 Å². The molecule has 0 saturated heterocycles. The quantitative estimate of drug-likeness (QED) is 0.530. The number of likely N-dealkylation sites (N-methyl/N-ethyl adjacent to an activating group) is 1. The van der Waals surface area contributed by atoms with Crippen molar-refractivity contribution in [2.24, 2.45) is 0 Å². The Morgan fingerprint density at radius 3 is 2.16 bits per heavy atom. The number of sulfonamides is 1. The van der Waals surface area contributed by atoms with Gasteiger partial charge in [0.25, 0.3) is 10.0 Å². The first-order valence-corrected chi connectivity index (χ1v) is 11.6. The molecule has 0 aliphatic heterocycles. The summed E-state index contributed by atoms with van der Waals surface area (Å²) in [5.41, 5.74) is 1.36. The van der Waals surface area contributed by atoms with Gasteiger partial charge >= 0.3 is 0 Å². The second-order valence-corrected chi connectivity index (χ2v) is 9.21. The highest BCUT2D eigenvalue weighted by Crippen LogP contribution is 2.25. The average molecular weight is 458 g/mol. The summed E-state index contributed by atoms with van der Waals surface area (Å²) in [7, 11) is -2.02. The second kappa shape index (κ2) is 10.3. The smallest absolute Gasteiger partial charge is 0.264 e. The Morgan fingerprint density at radius 1 is 0.903 bits per heavy atom. The molecule has 0 unspecified atom stereocenters. The van der Waals surface area contributed by atoms with E-state index >= 15 is 0 Å². The van der Waals surface area contributed by atoms with Crippen molar-refractivity contribution < 1.29 is 13.2 Å². The minimum absolute atomic E-state index is 0.103. The van der Waals surface area contributed by atoms with Crippen LogP contribution in [0.5, 0.6) is 0 Å². The van der Waals surface area contributed by atoms with Crippen molar-refractivity contribution in [3.63, 3.8) is 0 Å². The molecule has 0 heterocycles. The van der Waals surface area contributed by atoms with Crippen LogP contribution in [0.4, 0.5) is 11.4 Å². The van der Waals surface area contributed by atoms with Gasteiger partial charge < -0.3 is 10.2 Å². The molecule has 0 aromatic heterocycles. The number of nitrogens with one attached hydrogen (secondary N) is 1. The third-order valence-electron chi connectivity index (χ3n) is 4.68. The predicted molar refractivity (Wildman–Crippen MR) is 125 cm³/mol. The molecule has 1 N–H and O–H groups in total. The van der Waals surface area contributed by atoms with Gasteiger partial charge in [-0.1, -0.05) is 54.1 Å². The molecule has 0 aliphatic rings. The number of benzene rings is 3. The molecule has 3 aromatic rings. The van der Waals surface area contributed by atoms with E-state index in [0.29, 0.717) is 23.8 Å². The Kier molecular flexibility index (Phi) is 7.55. The molecule has 6 nitrogen and oxygen atoms in total. The molecule has 31 heavy (non-hydrogen) atoms. The number of halogens is 1. The molecule has 0 spiro atoms. The summed E-state index contributed by atoms with van der Waals surface area (Å²) in [6, 6.07) is 24.3. The zero-order valence-corrected chi connectivity index (χ0v) is 18.7. The Labute approximate surface area is 188 Å². The number of rotatable bonds is 9. The largest absolute Gasteiger partial charge is 0.373 e. The fourth-order valence-corrected chi connectivity index (χ4v) is 4.65. The maximum absolute atomic E-state index is 13.2. The highest BCUT2D eigenvalue weighted by atomic mass is 35.5. The minimum atomic E-state index is -3.95. The summed E-state index contributed by atoms with van der Waals surface area (Å²) >= 11 is 6.07. The molecule has 162 valence electrons. The SMILES string of the molecule is CN(CCNC(=O)CN(c1cccc(Cl)c1)S(=O)(=O)c1ccccc1)c1ccccc1. The lowest BCUT2D eigenvalue weighted by atomic mass is 10.3. The van der Waals surface area contributed by atoms with Crippen LogP contribution in [0.3, 0.4) is 0 Å². The van der Waals surface area contributed by atoms with Crippen LogP contribution in [0.15, 0.2) is 89.8 Å². The van der Waals surface area contributed by atoms with Crippen molar-refractivity contribution >= 4 is 38.9 Å². The van der Waals surface area contributed by atoms with Crippen LogP contribution in [0.2, 0.25) is 5.02 Å². The molecule has 0 bridgehead atoms. The van der Waals surface area contributed by atoms with Crippen molar-refractivity contribution in [2.75, 3.05) is 35.9 Å². The van der Waals surface area contributed by atoms with Crippen LogP contribution < -0.4 is 14.5 Å². The van der Waals surface area contributed by atoms with Crippen LogP contribution in [0.25, 0.3) is 0 Å². The van der Waals surface area contributed by atoms with Crippen molar-refractivity contribution in [3.8, 4) is 0 Å². The van der Waals surface area contributed by atoms with Gasteiger partial charge in [-0.2, -0.15) is 0 Å². The zero-order valence-electron chi connectivity index (χ0n) is 17.1. The number of para-hydroxylation sites is 1. The van der Waals surface area contributed by atoms with E-state index in [1.165, 1.54) is 18.2 Å². The Bertz CT molecular complexity index is 1110. The van der Waals surface area contributed by atoms with Gasteiger partial charge in [-0.3, -0.25) is 9.10 Å². The van der Waals surface area contributed by atoms with Crippen LogP contribution >= 0.6 is 11.6 Å². The number of hydrogen-bond acceptors (Lipinski definition) is 4. The van der Waals surface area contributed by atoms with Gasteiger partial charge in [0.15, 0.2) is 0 Å². The van der Waals surface area contributed by atoms with Gasteiger partial charge in [-0.15, -0.1) is 0 Å². The van der Waals surface area contributed by atoms with Gasteiger partial charge in [0.2, 0.25) is 5.91 Å². The summed E-state index contributed by atoms with van der Waals surface area (Å²) in [6.45, 7) is 0.601. The monoisotopic (exact) mass is 457 g/mol. The standard InChI is InChI=1S/C23H24ClN3O3S/c1-26(20-10-4-2-5-11-20)16-15-25-23(28)18-27(21-12-8-9-19(24)17-21)31(29,30)22-13-6-3-7-14-22/h2-14,17H,15-16,18H2,1H3,(H,25,28). The summed E-state index contributed by atoms with van der Waals surface area (Å²) < 4.78 is 27.6. The second-order valence-electron chi connectivity index (χ2n) is 6.91. The highest BCUT2D eigenvalue weighted by Gasteiger charge is 2.27. The Balaban J connectivity index is 1.72. The summed E-state index contributed by atoms with van der Waals surface area (Å²) in [5, 5.41) is 3.19. The van der Waals surface area contributed by atoms with E-state index < -0.39 is 15.9 Å². The first-order chi connectivity index (χ1) is 14.9. The Morgan fingerprint density at radius 2 is 1.52 bits per heavy atom. The molecular formula is C23H24ClN3O3S. The fourth-order valence-electron chi connectivity index (χ4n) is 3.03. The summed E-state index contributed by atoms with van der Waals surface area (Å²) in [6.07, 6.45) is 0. The molecule has 0 atom stereocenters. The maximum atomic E-state index is 13.2. The van der Waals surface area contributed by atoms with E-state index in [-0.39, 0.29) is 11.4 Å². The van der Waals surface area contributed by atoms with Crippen molar-refractivity contribution in [1.29, 1.82) is 0 Å². The lowest BCUT2D eigenvalue weighted by molar-refractivity contribution is -0.119. The van der Waals surface area contributed by atoms with Crippen LogP contribution in [0.1, 0.15) is 0 Å². The van der Waals surface area contributed by atoms with E-state index in [9.17, 15) is 13.2 Å². The number of carbonyl (C=O) groups is 1. The predicted octanol–water partition coefficient (Wildman–Crippen LogP) is 3.79. The van der Waals surface area contributed by atoms with Gasteiger partial charge in [0.05, 0.1) is 10.6 Å². The molecule has 0 fully saturated rings. The van der Waals surface area contributed by atoms with E-state index in [1.54, 1.807) is 36.4 Å². The van der Waals surface area contributed by atoms with Gasteiger partial charge in [-0.25, -0.2) is 8.42 Å². The summed E-state index contributed by atoms with van der Waals surface area (Å²) in [4.78, 5) is 14.8. The molecule has 0 aliphatic carbocycles. The van der Waals surface area contributed by atoms with Crippen molar-refractivity contribution in [2.45, 2.75) is 4.90 Å². The topological polar surface area (TPSA) is 69.7 Å². The molecule has 8 heteroatoms. The summed E-state index contributed by atoms with van der Waals surface area (Å²) in [5.74, 6) is -0.402. The van der Waals surface area contributed by atoms with Gasteiger partial charge in [0.1, 0.15) is 6.54 Å².